The van der Waals surface area contributed by atoms with Gasteiger partial charge in [-0.05, 0) is 62.7 Å². The van der Waals surface area contributed by atoms with Crippen molar-refractivity contribution in [1.82, 2.24) is 4.90 Å². The number of nitrogens with zero attached hydrogens (tertiary/aromatic N) is 1. The third kappa shape index (κ3) is 5.08. The number of hydrogen-bond acceptors (Lipinski definition) is 3. The van der Waals surface area contributed by atoms with Gasteiger partial charge in [-0.25, -0.2) is 0 Å². The third-order valence-corrected chi connectivity index (χ3v) is 6.79. The maximum Gasteiger partial charge on any atom is 0.150 e. The van der Waals surface area contributed by atoms with Gasteiger partial charge in [0, 0.05) is 17.2 Å². The Balaban J connectivity index is 1.30. The fourth-order valence-corrected chi connectivity index (χ4v) is 5.05. The van der Waals surface area contributed by atoms with Gasteiger partial charge in [-0.2, -0.15) is 0 Å². The van der Waals surface area contributed by atoms with Gasteiger partial charge in [0.15, 0.2) is 6.29 Å². The van der Waals surface area contributed by atoms with E-state index in [1.165, 1.54) is 58.0 Å². The quantitative estimate of drug-likeness (QED) is 0.544. The summed E-state index contributed by atoms with van der Waals surface area (Å²) in [6.07, 6.45) is 11.7. The standard InChI is InChI=1S/C26H33NO2/c28-20-22-8-4-5-11-24(22)25-12-6-7-13-26(25)29-19-16-21-14-17-27(18-15-21)23-9-2-1-3-10-23/h4-8,11-13,20-21,23H,1-3,9-10,14-19H2. The van der Waals surface area contributed by atoms with Crippen LogP contribution >= 0.6 is 0 Å². The Morgan fingerprint density at radius 1 is 0.862 bits per heavy atom. The molecular weight excluding hydrogens is 358 g/mol. The van der Waals surface area contributed by atoms with Crippen LogP contribution in [0.1, 0.15) is 61.7 Å². The average Bonchev–Trinajstić information content (AvgIpc) is 2.80. The molecule has 3 heteroatoms. The van der Waals surface area contributed by atoms with E-state index in [0.29, 0.717) is 5.56 Å². The molecule has 0 aromatic heterocycles. The van der Waals surface area contributed by atoms with E-state index in [1.54, 1.807) is 0 Å². The maximum atomic E-state index is 11.4. The van der Waals surface area contributed by atoms with Gasteiger partial charge < -0.3 is 9.64 Å². The lowest BCUT2D eigenvalue weighted by Crippen LogP contribution is -2.42. The summed E-state index contributed by atoms with van der Waals surface area (Å²) in [5.41, 5.74) is 2.65. The predicted molar refractivity (Wildman–Crippen MR) is 119 cm³/mol. The second-order valence-electron chi connectivity index (χ2n) is 8.61. The van der Waals surface area contributed by atoms with Crippen LogP contribution in [0.4, 0.5) is 0 Å². The first kappa shape index (κ1) is 20.2. The van der Waals surface area contributed by atoms with Crippen LogP contribution in [-0.4, -0.2) is 36.9 Å². The monoisotopic (exact) mass is 391 g/mol. The summed E-state index contributed by atoms with van der Waals surface area (Å²) >= 11 is 0. The molecule has 0 spiro atoms. The van der Waals surface area contributed by atoms with Gasteiger partial charge in [-0.15, -0.1) is 0 Å². The fraction of sp³-hybridized carbons (Fsp3) is 0.500. The van der Waals surface area contributed by atoms with Crippen molar-refractivity contribution in [2.24, 2.45) is 5.92 Å². The van der Waals surface area contributed by atoms with E-state index in [1.807, 2.05) is 48.5 Å². The van der Waals surface area contributed by atoms with Crippen LogP contribution in [0.15, 0.2) is 48.5 Å². The van der Waals surface area contributed by atoms with Gasteiger partial charge in [0.05, 0.1) is 6.61 Å². The van der Waals surface area contributed by atoms with E-state index >= 15 is 0 Å². The summed E-state index contributed by atoms with van der Waals surface area (Å²) in [6.45, 7) is 3.27. The van der Waals surface area contributed by atoms with E-state index in [4.69, 9.17) is 4.74 Å². The number of carbonyl (C=O) groups excluding carboxylic acids is 1. The zero-order valence-corrected chi connectivity index (χ0v) is 17.4. The lowest BCUT2D eigenvalue weighted by molar-refractivity contribution is 0.0991. The van der Waals surface area contributed by atoms with E-state index < -0.39 is 0 Å². The van der Waals surface area contributed by atoms with E-state index in [0.717, 1.165) is 48.2 Å². The molecule has 29 heavy (non-hydrogen) atoms. The minimum Gasteiger partial charge on any atom is -0.493 e. The van der Waals surface area contributed by atoms with Crippen LogP contribution in [-0.2, 0) is 0 Å². The molecule has 2 fully saturated rings. The second kappa shape index (κ2) is 10.1. The number of carbonyl (C=O) groups is 1. The number of piperidine rings is 1. The summed E-state index contributed by atoms with van der Waals surface area (Å²) in [5.74, 6) is 1.64. The molecule has 2 aliphatic rings. The van der Waals surface area contributed by atoms with Crippen LogP contribution in [0.3, 0.4) is 0 Å². The van der Waals surface area contributed by atoms with Crippen molar-refractivity contribution in [3.05, 3.63) is 54.1 Å². The van der Waals surface area contributed by atoms with Crippen molar-refractivity contribution >= 4 is 6.29 Å². The molecule has 2 aromatic rings. The second-order valence-corrected chi connectivity index (χ2v) is 8.61. The smallest absolute Gasteiger partial charge is 0.150 e. The Labute approximate surface area is 175 Å². The number of benzene rings is 2. The minimum absolute atomic E-state index is 0.707. The summed E-state index contributed by atoms with van der Waals surface area (Å²) < 4.78 is 6.21. The van der Waals surface area contributed by atoms with Gasteiger partial charge in [-0.3, -0.25) is 4.79 Å². The van der Waals surface area contributed by atoms with E-state index in [-0.39, 0.29) is 0 Å². The lowest BCUT2D eigenvalue weighted by atomic mass is 9.89. The number of aldehydes is 1. The van der Waals surface area contributed by atoms with Crippen molar-refractivity contribution in [3.63, 3.8) is 0 Å². The minimum atomic E-state index is 0.707. The summed E-state index contributed by atoms with van der Waals surface area (Å²) in [5, 5.41) is 0. The molecule has 1 aliphatic heterocycles. The number of ether oxygens (including phenoxy) is 1. The molecule has 0 unspecified atom stereocenters. The lowest BCUT2D eigenvalue weighted by Gasteiger charge is -2.39. The Morgan fingerprint density at radius 3 is 2.31 bits per heavy atom. The molecule has 0 bridgehead atoms. The first-order valence-electron chi connectivity index (χ1n) is 11.4. The Hall–Kier alpha value is -2.13. The van der Waals surface area contributed by atoms with Gasteiger partial charge in [0.25, 0.3) is 0 Å². The first-order chi connectivity index (χ1) is 14.3. The van der Waals surface area contributed by atoms with E-state index in [9.17, 15) is 4.79 Å². The molecule has 1 saturated carbocycles. The average molecular weight is 392 g/mol. The molecule has 0 radical (unpaired) electrons. The van der Waals surface area contributed by atoms with Gasteiger partial charge in [0.1, 0.15) is 5.75 Å². The van der Waals surface area contributed by atoms with Gasteiger partial charge >= 0.3 is 0 Å². The maximum absolute atomic E-state index is 11.4. The molecule has 3 nitrogen and oxygen atoms in total. The summed E-state index contributed by atoms with van der Waals surface area (Å²) in [6, 6.07) is 16.6. The Kier molecular flexibility index (Phi) is 7.00. The highest BCUT2D eigenvalue weighted by atomic mass is 16.5. The first-order valence-corrected chi connectivity index (χ1v) is 11.4. The van der Waals surface area contributed by atoms with Crippen molar-refractivity contribution in [2.45, 2.75) is 57.4 Å². The highest BCUT2D eigenvalue weighted by Gasteiger charge is 2.26. The number of para-hydroxylation sites is 1. The Bertz CT molecular complexity index is 789. The molecule has 0 N–H and O–H groups in total. The molecule has 1 aliphatic carbocycles. The van der Waals surface area contributed by atoms with Gasteiger partial charge in [-0.1, -0.05) is 61.7 Å². The molecule has 154 valence electrons. The number of rotatable bonds is 7. The zero-order chi connectivity index (χ0) is 19.9. The Morgan fingerprint density at radius 2 is 1.55 bits per heavy atom. The van der Waals surface area contributed by atoms with Crippen LogP contribution in [0.2, 0.25) is 0 Å². The SMILES string of the molecule is O=Cc1ccccc1-c1ccccc1OCCC1CCN(C2CCCCC2)CC1. The molecule has 0 amide bonds. The van der Waals surface area contributed by atoms with E-state index in [2.05, 4.69) is 4.90 Å². The van der Waals surface area contributed by atoms with Crippen LogP contribution in [0.5, 0.6) is 5.75 Å². The zero-order valence-electron chi connectivity index (χ0n) is 17.4. The molecule has 1 heterocycles. The molecule has 0 atom stereocenters. The van der Waals surface area contributed by atoms with Crippen LogP contribution in [0.25, 0.3) is 11.1 Å². The number of likely N-dealkylation sites (tertiary alicyclic amines) is 1. The molecule has 1 saturated heterocycles. The third-order valence-electron chi connectivity index (χ3n) is 6.79. The van der Waals surface area contributed by atoms with Crippen molar-refractivity contribution in [1.29, 1.82) is 0 Å². The van der Waals surface area contributed by atoms with Crippen molar-refractivity contribution in [3.8, 4) is 16.9 Å². The van der Waals surface area contributed by atoms with Crippen molar-refractivity contribution < 1.29 is 9.53 Å². The largest absolute Gasteiger partial charge is 0.493 e. The topological polar surface area (TPSA) is 29.5 Å². The molecule has 4 rings (SSSR count). The normalized spacial score (nSPS) is 19.2. The van der Waals surface area contributed by atoms with Crippen LogP contribution in [0, 0.1) is 5.92 Å². The fourth-order valence-electron chi connectivity index (χ4n) is 5.05. The van der Waals surface area contributed by atoms with Crippen molar-refractivity contribution in [2.75, 3.05) is 19.7 Å². The summed E-state index contributed by atoms with van der Waals surface area (Å²) in [7, 11) is 0. The molecule has 2 aromatic carbocycles. The van der Waals surface area contributed by atoms with Gasteiger partial charge in [0.2, 0.25) is 0 Å². The number of hydrogen-bond donors (Lipinski definition) is 0. The van der Waals surface area contributed by atoms with Crippen LogP contribution < -0.4 is 4.74 Å². The predicted octanol–water partition coefficient (Wildman–Crippen LogP) is 5.98. The highest BCUT2D eigenvalue weighted by molar-refractivity contribution is 5.89. The summed E-state index contributed by atoms with van der Waals surface area (Å²) in [4.78, 5) is 14.2. The highest BCUT2D eigenvalue weighted by Crippen LogP contribution is 2.33. The molecular formula is C26H33NO2.